The van der Waals surface area contributed by atoms with E-state index < -0.39 is 0 Å². The second-order valence-electron chi connectivity index (χ2n) is 4.55. The van der Waals surface area contributed by atoms with Gasteiger partial charge in [-0.05, 0) is 23.9 Å². The number of hydrogen-bond acceptors (Lipinski definition) is 4. The summed E-state index contributed by atoms with van der Waals surface area (Å²) in [6.45, 7) is 2.84. The van der Waals surface area contributed by atoms with Gasteiger partial charge in [-0.1, -0.05) is 12.1 Å². The van der Waals surface area contributed by atoms with E-state index in [0.29, 0.717) is 5.56 Å². The average Bonchev–Trinajstić information content (AvgIpc) is 3.07. The summed E-state index contributed by atoms with van der Waals surface area (Å²) in [5, 5.41) is 1.11. The van der Waals surface area contributed by atoms with Crippen molar-refractivity contribution < 1.29 is 9.53 Å². The molecule has 3 rings (SSSR count). The van der Waals surface area contributed by atoms with Crippen LogP contribution in [0, 0.1) is 6.92 Å². The first kappa shape index (κ1) is 12.9. The van der Waals surface area contributed by atoms with Crippen LogP contribution in [0.15, 0.2) is 36.9 Å². The van der Waals surface area contributed by atoms with E-state index in [2.05, 4.69) is 18.0 Å². The minimum Gasteiger partial charge on any atom is -0.465 e. The van der Waals surface area contributed by atoms with E-state index in [-0.39, 0.29) is 5.97 Å². The molecule has 0 fully saturated rings. The van der Waals surface area contributed by atoms with E-state index in [9.17, 15) is 4.79 Å². The van der Waals surface area contributed by atoms with Gasteiger partial charge >= 0.3 is 5.97 Å². The highest BCUT2D eigenvalue weighted by molar-refractivity contribution is 7.19. The molecular weight excluding hydrogens is 272 g/mol. The molecule has 0 atom stereocenters. The summed E-state index contributed by atoms with van der Waals surface area (Å²) in [6.07, 6.45) is 5.50. The summed E-state index contributed by atoms with van der Waals surface area (Å²) in [4.78, 5) is 17.1. The lowest BCUT2D eigenvalue weighted by Crippen LogP contribution is -2.01. The molecule has 4 nitrogen and oxygen atoms in total. The molecule has 20 heavy (non-hydrogen) atoms. The molecule has 3 aromatic rings. The Morgan fingerprint density at radius 2 is 2.30 bits per heavy atom. The Hall–Kier alpha value is -2.14. The molecule has 0 bridgehead atoms. The third-order valence-electron chi connectivity index (χ3n) is 3.33. The van der Waals surface area contributed by atoms with Crippen molar-refractivity contribution >= 4 is 27.4 Å². The van der Waals surface area contributed by atoms with Gasteiger partial charge in [-0.2, -0.15) is 0 Å². The number of nitrogens with zero attached hydrogens (tertiary/aromatic N) is 2. The second-order valence-corrected chi connectivity index (χ2v) is 5.77. The van der Waals surface area contributed by atoms with Crippen LogP contribution < -0.4 is 0 Å². The van der Waals surface area contributed by atoms with Gasteiger partial charge in [0.25, 0.3) is 0 Å². The standard InChI is InChI=1S/C15H14N2O2S/c1-10-13(8-17-7-6-16-9-17)11-4-3-5-12(14(11)20-10)15(18)19-2/h3-7,9H,8H2,1-2H3. The van der Waals surface area contributed by atoms with E-state index >= 15 is 0 Å². The molecule has 5 heteroatoms. The van der Waals surface area contributed by atoms with Crippen LogP contribution >= 0.6 is 11.3 Å². The number of aromatic nitrogens is 2. The third kappa shape index (κ3) is 2.10. The van der Waals surface area contributed by atoms with Gasteiger partial charge in [0, 0.05) is 22.0 Å². The molecule has 0 radical (unpaired) electrons. The molecular formula is C15H14N2O2S. The van der Waals surface area contributed by atoms with Gasteiger partial charge in [0.1, 0.15) is 0 Å². The summed E-state index contributed by atoms with van der Waals surface area (Å²) >= 11 is 1.64. The van der Waals surface area contributed by atoms with Crippen LogP contribution in [0.4, 0.5) is 0 Å². The van der Waals surface area contributed by atoms with Crippen molar-refractivity contribution in [3.05, 3.63) is 52.9 Å². The van der Waals surface area contributed by atoms with Gasteiger partial charge in [0.05, 0.1) is 25.5 Å². The SMILES string of the molecule is COC(=O)c1cccc2c(Cn3ccnc3)c(C)sc12. The smallest absolute Gasteiger partial charge is 0.339 e. The lowest BCUT2D eigenvalue weighted by atomic mass is 10.1. The zero-order valence-electron chi connectivity index (χ0n) is 11.3. The quantitative estimate of drug-likeness (QED) is 0.694. The van der Waals surface area contributed by atoms with Crippen LogP contribution in [0.25, 0.3) is 10.1 Å². The molecule has 0 aliphatic carbocycles. The highest BCUT2D eigenvalue weighted by Gasteiger charge is 2.16. The predicted molar refractivity (Wildman–Crippen MR) is 79.2 cm³/mol. The molecule has 2 aromatic heterocycles. The topological polar surface area (TPSA) is 44.1 Å². The number of carbonyl (C=O) groups excluding carboxylic acids is 1. The minimum absolute atomic E-state index is 0.286. The van der Waals surface area contributed by atoms with Crippen molar-refractivity contribution in [1.82, 2.24) is 9.55 Å². The summed E-state index contributed by atoms with van der Waals surface area (Å²) < 4.78 is 7.87. The fourth-order valence-electron chi connectivity index (χ4n) is 2.32. The monoisotopic (exact) mass is 286 g/mol. The highest BCUT2D eigenvalue weighted by Crippen LogP contribution is 2.34. The Balaban J connectivity index is 2.14. The van der Waals surface area contributed by atoms with Crippen molar-refractivity contribution in [2.24, 2.45) is 0 Å². The van der Waals surface area contributed by atoms with Gasteiger partial charge in [-0.25, -0.2) is 9.78 Å². The molecule has 0 aliphatic rings. The van der Waals surface area contributed by atoms with Crippen molar-refractivity contribution in [2.75, 3.05) is 7.11 Å². The molecule has 2 heterocycles. The predicted octanol–water partition coefficient (Wildman–Crippen LogP) is 3.24. The summed E-state index contributed by atoms with van der Waals surface area (Å²) in [6, 6.07) is 5.76. The number of hydrogen-bond donors (Lipinski definition) is 0. The van der Waals surface area contributed by atoms with Crippen molar-refractivity contribution in [2.45, 2.75) is 13.5 Å². The number of methoxy groups -OCH3 is 1. The number of thiophene rings is 1. The molecule has 0 saturated heterocycles. The first-order chi connectivity index (χ1) is 9.70. The largest absolute Gasteiger partial charge is 0.465 e. The number of rotatable bonds is 3. The fraction of sp³-hybridized carbons (Fsp3) is 0.200. The molecule has 0 aliphatic heterocycles. The number of ether oxygens (including phenoxy) is 1. The van der Waals surface area contributed by atoms with E-state index in [0.717, 1.165) is 16.6 Å². The van der Waals surface area contributed by atoms with Crippen LogP contribution in [-0.4, -0.2) is 22.6 Å². The normalized spacial score (nSPS) is 10.9. The van der Waals surface area contributed by atoms with Crippen molar-refractivity contribution in [1.29, 1.82) is 0 Å². The lowest BCUT2D eigenvalue weighted by molar-refractivity contribution is 0.0603. The number of fused-ring (bicyclic) bond motifs is 1. The van der Waals surface area contributed by atoms with E-state index in [1.807, 2.05) is 22.9 Å². The maximum Gasteiger partial charge on any atom is 0.339 e. The Bertz CT molecular complexity index is 760. The van der Waals surface area contributed by atoms with Crippen molar-refractivity contribution in [3.8, 4) is 0 Å². The van der Waals surface area contributed by atoms with Crippen LogP contribution in [0.2, 0.25) is 0 Å². The summed E-state index contributed by atoms with van der Waals surface area (Å²) in [5.74, 6) is -0.286. The van der Waals surface area contributed by atoms with E-state index in [1.165, 1.54) is 17.6 Å². The van der Waals surface area contributed by atoms with Gasteiger partial charge in [-0.3, -0.25) is 0 Å². The number of benzene rings is 1. The Morgan fingerprint density at radius 3 is 3.00 bits per heavy atom. The first-order valence-corrected chi connectivity index (χ1v) is 7.07. The Kier molecular flexibility index (Phi) is 3.28. The maximum absolute atomic E-state index is 11.8. The molecule has 0 N–H and O–H groups in total. The molecule has 0 amide bonds. The second kappa shape index (κ2) is 5.09. The highest BCUT2D eigenvalue weighted by atomic mass is 32.1. The average molecular weight is 286 g/mol. The zero-order valence-corrected chi connectivity index (χ0v) is 12.1. The van der Waals surface area contributed by atoms with Gasteiger partial charge < -0.3 is 9.30 Å². The van der Waals surface area contributed by atoms with Gasteiger partial charge in [-0.15, -0.1) is 11.3 Å². The molecule has 0 spiro atoms. The summed E-state index contributed by atoms with van der Waals surface area (Å²) in [5.41, 5.74) is 1.86. The third-order valence-corrected chi connectivity index (χ3v) is 4.52. The molecule has 1 aromatic carbocycles. The maximum atomic E-state index is 11.8. The summed E-state index contributed by atoms with van der Waals surface area (Å²) in [7, 11) is 1.41. The van der Waals surface area contributed by atoms with Gasteiger partial charge in [0.15, 0.2) is 0 Å². The van der Waals surface area contributed by atoms with E-state index in [1.54, 1.807) is 23.9 Å². The fourth-order valence-corrected chi connectivity index (χ4v) is 3.49. The molecule has 102 valence electrons. The number of aryl methyl sites for hydroxylation is 1. The van der Waals surface area contributed by atoms with Crippen LogP contribution in [0.5, 0.6) is 0 Å². The lowest BCUT2D eigenvalue weighted by Gasteiger charge is -2.04. The van der Waals surface area contributed by atoms with Crippen LogP contribution in [0.3, 0.4) is 0 Å². The Morgan fingerprint density at radius 1 is 1.45 bits per heavy atom. The van der Waals surface area contributed by atoms with Gasteiger partial charge in [0.2, 0.25) is 0 Å². The van der Waals surface area contributed by atoms with Crippen LogP contribution in [-0.2, 0) is 11.3 Å². The van der Waals surface area contributed by atoms with Crippen LogP contribution in [0.1, 0.15) is 20.8 Å². The molecule has 0 unspecified atom stereocenters. The first-order valence-electron chi connectivity index (χ1n) is 6.25. The molecule has 0 saturated carbocycles. The number of carbonyl (C=O) groups is 1. The zero-order chi connectivity index (χ0) is 14.1. The minimum atomic E-state index is -0.286. The van der Waals surface area contributed by atoms with E-state index in [4.69, 9.17) is 4.74 Å². The Labute approximate surface area is 120 Å². The number of esters is 1. The van der Waals surface area contributed by atoms with Crippen molar-refractivity contribution in [3.63, 3.8) is 0 Å². The number of imidazole rings is 1.